The van der Waals surface area contributed by atoms with Gasteiger partial charge in [0.1, 0.15) is 9.84 Å². The summed E-state index contributed by atoms with van der Waals surface area (Å²) in [5, 5.41) is 0.237. The van der Waals surface area contributed by atoms with Crippen molar-refractivity contribution >= 4 is 37.1 Å². The summed E-state index contributed by atoms with van der Waals surface area (Å²) in [7, 11) is -7.15. The lowest BCUT2D eigenvalue weighted by molar-refractivity contribution is 0.564. The maximum atomic E-state index is 12.1. The lowest BCUT2D eigenvalue weighted by Gasteiger charge is -2.14. The summed E-state index contributed by atoms with van der Waals surface area (Å²) >= 11 is 5.90. The van der Waals surface area contributed by atoms with Gasteiger partial charge in [-0.2, -0.15) is 0 Å². The molecule has 114 valence electrons. The molecule has 0 spiro atoms. The zero-order valence-electron chi connectivity index (χ0n) is 11.3. The van der Waals surface area contributed by atoms with Crippen molar-refractivity contribution in [2.45, 2.75) is 24.8 Å². The average molecular weight is 341 g/mol. The largest absolute Gasteiger partial charge is 0.398 e. The van der Waals surface area contributed by atoms with E-state index in [-0.39, 0.29) is 21.4 Å². The topological polar surface area (TPSA) is 106 Å². The number of sulfone groups is 1. The summed E-state index contributed by atoms with van der Waals surface area (Å²) in [5.41, 5.74) is 6.53. The second kappa shape index (κ2) is 5.88. The Hall–Kier alpha value is -0.830. The number of halogens is 1. The molecule has 0 amide bonds. The van der Waals surface area contributed by atoms with Crippen molar-refractivity contribution in [2.24, 2.45) is 0 Å². The Kier molecular flexibility index (Phi) is 5.07. The quantitative estimate of drug-likeness (QED) is 0.776. The third kappa shape index (κ3) is 4.62. The zero-order valence-corrected chi connectivity index (χ0v) is 13.7. The van der Waals surface area contributed by atoms with E-state index in [2.05, 4.69) is 4.72 Å². The molecule has 1 aromatic rings. The summed E-state index contributed by atoms with van der Waals surface area (Å²) in [5.74, 6) is -0.290. The number of anilines is 1. The summed E-state index contributed by atoms with van der Waals surface area (Å²) in [6.45, 7) is 3.14. The summed E-state index contributed by atoms with van der Waals surface area (Å²) in [6, 6.07) is 1.82. The standard InChI is InChI=1S/C11H17ClN2O4S2/c1-7(6-19(3,15)16)14-20(17,18)9-4-10(12)8(2)11(13)5-9/h4-5,7,14H,6,13H2,1-3H3. The summed E-state index contributed by atoms with van der Waals surface area (Å²) < 4.78 is 48.8. The fraction of sp³-hybridized carbons (Fsp3) is 0.455. The van der Waals surface area contributed by atoms with Gasteiger partial charge in [0.25, 0.3) is 0 Å². The van der Waals surface area contributed by atoms with Crippen LogP contribution in [0.3, 0.4) is 0 Å². The number of nitrogens with one attached hydrogen (secondary N) is 1. The van der Waals surface area contributed by atoms with Gasteiger partial charge in [-0.1, -0.05) is 11.6 Å². The van der Waals surface area contributed by atoms with Crippen LogP contribution in [0.1, 0.15) is 12.5 Å². The van der Waals surface area contributed by atoms with Crippen LogP contribution in [0.5, 0.6) is 0 Å². The number of nitrogen functional groups attached to an aromatic ring is 1. The van der Waals surface area contributed by atoms with Crippen molar-refractivity contribution in [3.05, 3.63) is 22.7 Å². The predicted molar refractivity (Wildman–Crippen MR) is 80.1 cm³/mol. The first kappa shape index (κ1) is 17.2. The summed E-state index contributed by atoms with van der Waals surface area (Å²) in [4.78, 5) is -0.0917. The smallest absolute Gasteiger partial charge is 0.240 e. The molecular weight excluding hydrogens is 324 g/mol. The highest BCUT2D eigenvalue weighted by molar-refractivity contribution is 7.91. The molecule has 1 aromatic carbocycles. The van der Waals surface area contributed by atoms with Gasteiger partial charge in [-0.05, 0) is 31.5 Å². The van der Waals surface area contributed by atoms with Crippen LogP contribution in [-0.2, 0) is 19.9 Å². The van der Waals surface area contributed by atoms with Crippen LogP contribution < -0.4 is 10.5 Å². The molecule has 0 heterocycles. The molecule has 6 nitrogen and oxygen atoms in total. The Morgan fingerprint density at radius 2 is 1.85 bits per heavy atom. The van der Waals surface area contributed by atoms with Gasteiger partial charge in [0.05, 0.1) is 10.6 Å². The van der Waals surface area contributed by atoms with Crippen molar-refractivity contribution in [1.29, 1.82) is 0 Å². The molecule has 0 aliphatic carbocycles. The van der Waals surface area contributed by atoms with Crippen LogP contribution >= 0.6 is 11.6 Å². The fourth-order valence-electron chi connectivity index (χ4n) is 1.65. The third-order valence-electron chi connectivity index (χ3n) is 2.58. The number of sulfonamides is 1. The van der Waals surface area contributed by atoms with Crippen LogP contribution in [-0.4, -0.2) is 34.9 Å². The van der Waals surface area contributed by atoms with E-state index in [1.165, 1.54) is 19.1 Å². The van der Waals surface area contributed by atoms with Crippen molar-refractivity contribution in [3.8, 4) is 0 Å². The normalized spacial score (nSPS) is 14.2. The lowest BCUT2D eigenvalue weighted by atomic mass is 10.2. The van der Waals surface area contributed by atoms with E-state index in [9.17, 15) is 16.8 Å². The molecule has 0 aliphatic heterocycles. The minimum Gasteiger partial charge on any atom is -0.398 e. The van der Waals surface area contributed by atoms with Crippen LogP contribution in [0.2, 0.25) is 5.02 Å². The van der Waals surface area contributed by atoms with Gasteiger partial charge in [0, 0.05) is 23.0 Å². The molecule has 0 radical (unpaired) electrons. The first-order chi connectivity index (χ1) is 8.92. The Morgan fingerprint density at radius 3 is 2.30 bits per heavy atom. The van der Waals surface area contributed by atoms with Gasteiger partial charge in [0.15, 0.2) is 0 Å². The first-order valence-electron chi connectivity index (χ1n) is 5.68. The van der Waals surface area contributed by atoms with E-state index in [1.807, 2.05) is 0 Å². The molecule has 0 aromatic heterocycles. The van der Waals surface area contributed by atoms with E-state index in [0.29, 0.717) is 5.56 Å². The number of rotatable bonds is 5. The SMILES string of the molecule is Cc1c(N)cc(S(=O)(=O)NC(C)CS(C)(=O)=O)cc1Cl. The molecule has 0 bridgehead atoms. The number of nitrogens with two attached hydrogens (primary N) is 1. The molecule has 9 heteroatoms. The van der Waals surface area contributed by atoms with Gasteiger partial charge in [-0.25, -0.2) is 21.6 Å². The molecule has 3 N–H and O–H groups in total. The van der Waals surface area contributed by atoms with Crippen molar-refractivity contribution < 1.29 is 16.8 Å². The Morgan fingerprint density at radius 1 is 1.30 bits per heavy atom. The Labute approximate surface area is 124 Å². The van der Waals surface area contributed by atoms with Gasteiger partial charge in [-0.15, -0.1) is 0 Å². The number of benzene rings is 1. The van der Waals surface area contributed by atoms with E-state index in [4.69, 9.17) is 17.3 Å². The maximum Gasteiger partial charge on any atom is 0.240 e. The van der Waals surface area contributed by atoms with Gasteiger partial charge in [-0.3, -0.25) is 0 Å². The predicted octanol–water partition coefficient (Wildman–Crippen LogP) is 0.942. The fourth-order valence-corrected chi connectivity index (χ4v) is 4.34. The van der Waals surface area contributed by atoms with E-state index >= 15 is 0 Å². The molecule has 0 fully saturated rings. The lowest BCUT2D eigenvalue weighted by Crippen LogP contribution is -2.37. The Bertz CT molecular complexity index is 691. The maximum absolute atomic E-state index is 12.1. The van der Waals surface area contributed by atoms with E-state index in [0.717, 1.165) is 6.26 Å². The highest BCUT2D eigenvalue weighted by atomic mass is 35.5. The van der Waals surface area contributed by atoms with Crippen LogP contribution in [0, 0.1) is 6.92 Å². The van der Waals surface area contributed by atoms with Crippen LogP contribution in [0.4, 0.5) is 5.69 Å². The zero-order chi connectivity index (χ0) is 15.7. The third-order valence-corrected chi connectivity index (χ3v) is 5.64. The molecule has 1 unspecified atom stereocenters. The van der Waals surface area contributed by atoms with Gasteiger partial charge >= 0.3 is 0 Å². The molecule has 0 saturated carbocycles. The van der Waals surface area contributed by atoms with Crippen molar-refractivity contribution in [2.75, 3.05) is 17.7 Å². The second-order valence-electron chi connectivity index (χ2n) is 4.73. The molecule has 20 heavy (non-hydrogen) atoms. The molecule has 0 aliphatic rings. The van der Waals surface area contributed by atoms with Crippen LogP contribution in [0.15, 0.2) is 17.0 Å². The van der Waals surface area contributed by atoms with Gasteiger partial charge in [0.2, 0.25) is 10.0 Å². The number of hydrogen-bond donors (Lipinski definition) is 2. The van der Waals surface area contributed by atoms with Crippen LogP contribution in [0.25, 0.3) is 0 Å². The van der Waals surface area contributed by atoms with Crippen molar-refractivity contribution in [3.63, 3.8) is 0 Å². The van der Waals surface area contributed by atoms with Gasteiger partial charge < -0.3 is 5.73 Å². The summed E-state index contributed by atoms with van der Waals surface area (Å²) in [6.07, 6.45) is 1.04. The van der Waals surface area contributed by atoms with Crippen molar-refractivity contribution in [1.82, 2.24) is 4.72 Å². The molecular formula is C11H17ClN2O4S2. The first-order valence-corrected chi connectivity index (χ1v) is 9.60. The monoisotopic (exact) mass is 340 g/mol. The minimum absolute atomic E-state index is 0.0917. The minimum atomic E-state index is -3.87. The molecule has 1 rings (SSSR count). The highest BCUT2D eigenvalue weighted by Gasteiger charge is 2.21. The second-order valence-corrected chi connectivity index (χ2v) is 9.04. The molecule has 1 atom stereocenters. The van der Waals surface area contributed by atoms with E-state index in [1.54, 1.807) is 6.92 Å². The highest BCUT2D eigenvalue weighted by Crippen LogP contribution is 2.25. The number of hydrogen-bond acceptors (Lipinski definition) is 5. The average Bonchev–Trinajstić information content (AvgIpc) is 2.21. The Balaban J connectivity index is 3.06. The van der Waals surface area contributed by atoms with E-state index < -0.39 is 25.9 Å². The molecule has 0 saturated heterocycles.